The number of pyridine rings is 1. The highest BCUT2D eigenvalue weighted by Crippen LogP contribution is 2.41. The van der Waals surface area contributed by atoms with E-state index >= 15 is 0 Å². The lowest BCUT2D eigenvalue weighted by atomic mass is 9.79. The molecule has 24 heavy (non-hydrogen) atoms. The molecule has 0 unspecified atom stereocenters. The summed E-state index contributed by atoms with van der Waals surface area (Å²) >= 11 is 0. The number of carbonyl (C=O) groups is 2. The zero-order valence-electron chi connectivity index (χ0n) is 13.9. The van der Waals surface area contributed by atoms with Gasteiger partial charge < -0.3 is 19.7 Å². The predicted molar refractivity (Wildman–Crippen MR) is 86.4 cm³/mol. The summed E-state index contributed by atoms with van der Waals surface area (Å²) in [6.07, 6.45) is 5.01. The molecular formula is C17H23N3O4. The van der Waals surface area contributed by atoms with Crippen molar-refractivity contribution in [1.29, 1.82) is 0 Å². The molecule has 7 heteroatoms. The highest BCUT2D eigenvalue weighted by Gasteiger charge is 2.53. The number of amides is 2. The van der Waals surface area contributed by atoms with Crippen molar-refractivity contribution in [1.82, 2.24) is 15.2 Å². The summed E-state index contributed by atoms with van der Waals surface area (Å²) in [6, 6.07) is 3.49. The maximum atomic E-state index is 12.0. The standard InChI is InChI=1S/C17H23N3O4/c1-23-10-15(21)20-11-17(12-20)14(5-8-24-17)4-7-19-16(22)13-3-2-6-18-9-13/h2-3,6,9,14H,4-5,7-8,10-12H2,1H3,(H,19,22)/t14-/m0/s1. The fourth-order valence-corrected chi connectivity index (χ4v) is 3.49. The van der Waals surface area contributed by atoms with Gasteiger partial charge in [0.15, 0.2) is 0 Å². The number of hydrogen-bond acceptors (Lipinski definition) is 5. The van der Waals surface area contributed by atoms with Crippen LogP contribution in [0.3, 0.4) is 0 Å². The molecule has 0 aromatic carbocycles. The smallest absolute Gasteiger partial charge is 0.252 e. The van der Waals surface area contributed by atoms with E-state index in [1.54, 1.807) is 29.4 Å². The molecule has 0 saturated carbocycles. The van der Waals surface area contributed by atoms with E-state index in [-0.39, 0.29) is 24.0 Å². The second kappa shape index (κ2) is 7.27. The molecule has 2 aliphatic rings. The molecule has 2 amide bonds. The minimum Gasteiger partial charge on any atom is -0.375 e. The van der Waals surface area contributed by atoms with Crippen LogP contribution in [0.5, 0.6) is 0 Å². The predicted octanol–water partition coefficient (Wildman–Crippen LogP) is 0.465. The zero-order valence-corrected chi connectivity index (χ0v) is 13.9. The summed E-state index contributed by atoms with van der Waals surface area (Å²) in [4.78, 5) is 29.6. The molecule has 2 aliphatic heterocycles. The van der Waals surface area contributed by atoms with Crippen molar-refractivity contribution in [3.8, 4) is 0 Å². The van der Waals surface area contributed by atoms with Crippen molar-refractivity contribution < 1.29 is 19.1 Å². The number of aromatic nitrogens is 1. The summed E-state index contributed by atoms with van der Waals surface area (Å²) in [5.74, 6) is 0.252. The molecule has 2 saturated heterocycles. The van der Waals surface area contributed by atoms with E-state index in [1.165, 1.54) is 7.11 Å². The Hall–Kier alpha value is -1.99. The second-order valence-electron chi connectivity index (χ2n) is 6.37. The van der Waals surface area contributed by atoms with Crippen LogP contribution in [0.1, 0.15) is 23.2 Å². The lowest BCUT2D eigenvalue weighted by Crippen LogP contribution is -2.66. The average Bonchev–Trinajstić information content (AvgIpc) is 2.98. The van der Waals surface area contributed by atoms with Gasteiger partial charge in [-0.2, -0.15) is 0 Å². The fraction of sp³-hybridized carbons (Fsp3) is 0.588. The molecular weight excluding hydrogens is 310 g/mol. The Morgan fingerprint density at radius 2 is 2.33 bits per heavy atom. The van der Waals surface area contributed by atoms with Gasteiger partial charge in [-0.1, -0.05) is 0 Å². The van der Waals surface area contributed by atoms with Gasteiger partial charge in [-0.3, -0.25) is 14.6 Å². The molecule has 3 rings (SSSR count). The first-order valence-corrected chi connectivity index (χ1v) is 8.23. The van der Waals surface area contributed by atoms with Crippen LogP contribution in [-0.2, 0) is 14.3 Å². The average molecular weight is 333 g/mol. The Morgan fingerprint density at radius 1 is 1.50 bits per heavy atom. The highest BCUT2D eigenvalue weighted by atomic mass is 16.5. The highest BCUT2D eigenvalue weighted by molar-refractivity contribution is 5.93. The molecule has 3 heterocycles. The van der Waals surface area contributed by atoms with Gasteiger partial charge in [-0.05, 0) is 30.9 Å². The number of methoxy groups -OCH3 is 1. The summed E-state index contributed by atoms with van der Waals surface area (Å²) in [5, 5.41) is 2.93. The number of hydrogen-bond donors (Lipinski definition) is 1. The van der Waals surface area contributed by atoms with Gasteiger partial charge in [0.2, 0.25) is 5.91 Å². The number of ether oxygens (including phenoxy) is 2. The number of likely N-dealkylation sites (tertiary alicyclic amines) is 1. The number of carbonyl (C=O) groups excluding carboxylic acids is 2. The van der Waals surface area contributed by atoms with Gasteiger partial charge in [0.1, 0.15) is 12.2 Å². The van der Waals surface area contributed by atoms with Crippen LogP contribution in [0, 0.1) is 5.92 Å². The number of rotatable bonds is 6. The first kappa shape index (κ1) is 16.9. The molecule has 1 N–H and O–H groups in total. The molecule has 1 aromatic rings. The van der Waals surface area contributed by atoms with E-state index in [1.807, 2.05) is 0 Å². The van der Waals surface area contributed by atoms with Crippen LogP contribution in [0.25, 0.3) is 0 Å². The van der Waals surface area contributed by atoms with Crippen molar-refractivity contribution in [2.45, 2.75) is 18.4 Å². The molecule has 2 fully saturated rings. The molecule has 1 spiro atoms. The molecule has 7 nitrogen and oxygen atoms in total. The molecule has 0 radical (unpaired) electrons. The molecule has 1 atom stereocenters. The molecule has 1 aromatic heterocycles. The first-order valence-electron chi connectivity index (χ1n) is 8.23. The molecule has 0 aliphatic carbocycles. The molecule has 130 valence electrons. The van der Waals surface area contributed by atoms with Crippen LogP contribution in [0.4, 0.5) is 0 Å². The van der Waals surface area contributed by atoms with Gasteiger partial charge in [0.05, 0.1) is 18.7 Å². The van der Waals surface area contributed by atoms with E-state index in [2.05, 4.69) is 10.3 Å². The third-order valence-corrected chi connectivity index (χ3v) is 4.84. The Labute approximate surface area is 141 Å². The van der Waals surface area contributed by atoms with Gasteiger partial charge in [-0.15, -0.1) is 0 Å². The lowest BCUT2D eigenvalue weighted by Gasteiger charge is -2.50. The minimum atomic E-state index is -0.234. The quantitative estimate of drug-likeness (QED) is 0.818. The van der Waals surface area contributed by atoms with E-state index in [0.717, 1.165) is 12.8 Å². The van der Waals surface area contributed by atoms with Crippen molar-refractivity contribution >= 4 is 11.8 Å². The number of nitrogens with one attached hydrogen (secondary N) is 1. The maximum absolute atomic E-state index is 12.0. The zero-order chi connectivity index (χ0) is 17.0. The summed E-state index contributed by atoms with van der Waals surface area (Å²) in [6.45, 7) is 2.66. The summed E-state index contributed by atoms with van der Waals surface area (Å²) < 4.78 is 10.8. The van der Waals surface area contributed by atoms with Crippen molar-refractivity contribution in [3.63, 3.8) is 0 Å². The monoisotopic (exact) mass is 333 g/mol. The fourth-order valence-electron chi connectivity index (χ4n) is 3.49. The Bertz CT molecular complexity index is 587. The van der Waals surface area contributed by atoms with Crippen LogP contribution in [-0.4, -0.2) is 67.3 Å². The van der Waals surface area contributed by atoms with Gasteiger partial charge in [0.25, 0.3) is 5.91 Å². The third kappa shape index (κ3) is 3.42. The van der Waals surface area contributed by atoms with E-state index in [4.69, 9.17) is 9.47 Å². The van der Waals surface area contributed by atoms with Crippen molar-refractivity contribution in [2.75, 3.05) is 40.0 Å². The van der Waals surface area contributed by atoms with E-state index in [0.29, 0.717) is 37.7 Å². The number of nitrogens with zero attached hydrogens (tertiary/aromatic N) is 2. The summed E-state index contributed by atoms with van der Waals surface area (Å²) in [5.41, 5.74) is 0.331. The maximum Gasteiger partial charge on any atom is 0.252 e. The van der Waals surface area contributed by atoms with Gasteiger partial charge >= 0.3 is 0 Å². The third-order valence-electron chi connectivity index (χ3n) is 4.84. The topological polar surface area (TPSA) is 80.8 Å². The Kier molecular flexibility index (Phi) is 5.11. The van der Waals surface area contributed by atoms with Crippen LogP contribution < -0.4 is 5.32 Å². The van der Waals surface area contributed by atoms with E-state index in [9.17, 15) is 9.59 Å². The first-order chi connectivity index (χ1) is 11.6. The van der Waals surface area contributed by atoms with Crippen LogP contribution in [0.15, 0.2) is 24.5 Å². The summed E-state index contributed by atoms with van der Waals surface area (Å²) in [7, 11) is 1.52. The van der Waals surface area contributed by atoms with Crippen LogP contribution >= 0.6 is 0 Å². The Balaban J connectivity index is 1.46. The normalized spacial score (nSPS) is 21.5. The molecule has 0 bridgehead atoms. The van der Waals surface area contributed by atoms with Gasteiger partial charge in [-0.25, -0.2) is 0 Å². The van der Waals surface area contributed by atoms with Crippen molar-refractivity contribution in [3.05, 3.63) is 30.1 Å². The minimum absolute atomic E-state index is 0.00209. The van der Waals surface area contributed by atoms with Crippen molar-refractivity contribution in [2.24, 2.45) is 5.92 Å². The lowest BCUT2D eigenvalue weighted by molar-refractivity contribution is -0.168. The second-order valence-corrected chi connectivity index (χ2v) is 6.37. The largest absolute Gasteiger partial charge is 0.375 e. The SMILES string of the molecule is COCC(=O)N1CC2(C1)OCC[C@@H]2CCNC(=O)c1cccnc1. The van der Waals surface area contributed by atoms with Gasteiger partial charge in [0, 0.05) is 32.7 Å². The van der Waals surface area contributed by atoms with E-state index < -0.39 is 0 Å². The van der Waals surface area contributed by atoms with Crippen LogP contribution in [0.2, 0.25) is 0 Å². The Morgan fingerprint density at radius 3 is 3.04 bits per heavy atom.